The summed E-state index contributed by atoms with van der Waals surface area (Å²) in [4.78, 5) is 0. The second-order valence-corrected chi connectivity index (χ2v) is 8.28. The molecular formula is C15H31N3O3S. The predicted octanol–water partition coefficient (Wildman–Crippen LogP) is 0.405. The Balaban J connectivity index is 1.80. The molecule has 0 spiro atoms. The summed E-state index contributed by atoms with van der Waals surface area (Å²) < 4.78 is 31.5. The van der Waals surface area contributed by atoms with Gasteiger partial charge in [0.2, 0.25) is 10.0 Å². The summed E-state index contributed by atoms with van der Waals surface area (Å²) in [5.41, 5.74) is 0. The van der Waals surface area contributed by atoms with Gasteiger partial charge in [0.05, 0.1) is 19.0 Å². The van der Waals surface area contributed by atoms with Gasteiger partial charge < -0.3 is 15.4 Å². The fourth-order valence-corrected chi connectivity index (χ4v) is 5.12. The third kappa shape index (κ3) is 4.64. The molecule has 1 aliphatic carbocycles. The van der Waals surface area contributed by atoms with Crippen LogP contribution in [-0.4, -0.2) is 70.0 Å². The lowest BCUT2D eigenvalue weighted by atomic mass is 9.94. The maximum absolute atomic E-state index is 12.2. The molecule has 2 fully saturated rings. The summed E-state index contributed by atoms with van der Waals surface area (Å²) in [6.07, 6.45) is 3.54. The predicted molar refractivity (Wildman–Crippen MR) is 88.4 cm³/mol. The van der Waals surface area contributed by atoms with Crippen molar-refractivity contribution in [1.82, 2.24) is 14.9 Å². The van der Waals surface area contributed by atoms with Gasteiger partial charge in [-0.05, 0) is 18.8 Å². The number of nitrogens with one attached hydrogen (secondary N) is 2. The zero-order valence-corrected chi connectivity index (χ0v) is 14.7. The molecule has 3 unspecified atom stereocenters. The molecule has 1 saturated carbocycles. The van der Waals surface area contributed by atoms with Gasteiger partial charge in [0.15, 0.2) is 0 Å². The Morgan fingerprint density at radius 2 is 2.05 bits per heavy atom. The van der Waals surface area contributed by atoms with Gasteiger partial charge in [0.1, 0.15) is 0 Å². The van der Waals surface area contributed by atoms with E-state index < -0.39 is 10.0 Å². The molecule has 1 aliphatic heterocycles. The molecule has 1 saturated heterocycles. The highest BCUT2D eigenvalue weighted by Crippen LogP contribution is 2.29. The Bertz CT molecular complexity index is 420. The van der Waals surface area contributed by atoms with Crippen molar-refractivity contribution in [2.75, 3.05) is 45.1 Å². The first kappa shape index (κ1) is 18.1. The second kappa shape index (κ2) is 8.59. The van der Waals surface area contributed by atoms with Crippen LogP contribution in [0.4, 0.5) is 0 Å². The van der Waals surface area contributed by atoms with Crippen molar-refractivity contribution < 1.29 is 13.2 Å². The van der Waals surface area contributed by atoms with Gasteiger partial charge in [-0.1, -0.05) is 20.3 Å². The van der Waals surface area contributed by atoms with Crippen LogP contribution in [0.5, 0.6) is 0 Å². The highest BCUT2D eigenvalue weighted by molar-refractivity contribution is 7.89. The SMILES string of the molecule is CCN(CC)S(=O)(=O)CCNC1CCCC1C1COCCN1. The number of morpholine rings is 1. The maximum atomic E-state index is 12.2. The number of sulfonamides is 1. The fourth-order valence-electron chi connectivity index (χ4n) is 3.70. The van der Waals surface area contributed by atoms with Gasteiger partial charge >= 0.3 is 0 Å². The standard InChI is InChI=1S/C15H31N3O3S/c1-3-18(4-2)22(19,20)11-9-17-14-7-5-6-13(14)15-12-21-10-8-16-15/h13-17H,3-12H2,1-2H3. The highest BCUT2D eigenvalue weighted by atomic mass is 32.2. The first-order valence-corrected chi connectivity index (χ1v) is 10.2. The quantitative estimate of drug-likeness (QED) is 0.673. The van der Waals surface area contributed by atoms with E-state index in [-0.39, 0.29) is 5.75 Å². The Kier molecular flexibility index (Phi) is 7.08. The van der Waals surface area contributed by atoms with Crippen LogP contribution in [0.3, 0.4) is 0 Å². The van der Waals surface area contributed by atoms with E-state index in [1.54, 1.807) is 0 Å². The molecule has 0 aromatic heterocycles. The monoisotopic (exact) mass is 333 g/mol. The summed E-state index contributed by atoms with van der Waals surface area (Å²) in [6.45, 7) is 7.90. The summed E-state index contributed by atoms with van der Waals surface area (Å²) in [6, 6.07) is 0.819. The summed E-state index contributed by atoms with van der Waals surface area (Å²) in [5, 5.41) is 7.03. The Morgan fingerprint density at radius 1 is 1.27 bits per heavy atom. The molecule has 2 aliphatic rings. The third-order valence-electron chi connectivity index (χ3n) is 4.90. The van der Waals surface area contributed by atoms with Crippen LogP contribution in [0.2, 0.25) is 0 Å². The second-order valence-electron chi connectivity index (χ2n) is 6.19. The molecule has 6 nitrogen and oxygen atoms in total. The van der Waals surface area contributed by atoms with E-state index in [4.69, 9.17) is 4.74 Å². The first-order chi connectivity index (χ1) is 10.6. The van der Waals surface area contributed by atoms with Gasteiger partial charge in [0.25, 0.3) is 0 Å². The van der Waals surface area contributed by atoms with E-state index in [0.717, 1.165) is 26.2 Å². The molecule has 3 atom stereocenters. The van der Waals surface area contributed by atoms with Crippen LogP contribution in [-0.2, 0) is 14.8 Å². The van der Waals surface area contributed by atoms with Crippen LogP contribution in [0.25, 0.3) is 0 Å². The van der Waals surface area contributed by atoms with Crippen molar-refractivity contribution in [2.45, 2.75) is 45.2 Å². The van der Waals surface area contributed by atoms with Crippen molar-refractivity contribution >= 4 is 10.0 Å². The smallest absolute Gasteiger partial charge is 0.215 e. The molecule has 7 heteroatoms. The lowest BCUT2D eigenvalue weighted by molar-refractivity contribution is 0.0527. The minimum atomic E-state index is -3.13. The van der Waals surface area contributed by atoms with Crippen molar-refractivity contribution in [1.29, 1.82) is 0 Å². The molecule has 130 valence electrons. The van der Waals surface area contributed by atoms with Gasteiger partial charge in [0, 0.05) is 38.3 Å². The molecular weight excluding hydrogens is 302 g/mol. The number of ether oxygens (including phenoxy) is 1. The molecule has 0 amide bonds. The van der Waals surface area contributed by atoms with Crippen LogP contribution >= 0.6 is 0 Å². The molecule has 22 heavy (non-hydrogen) atoms. The third-order valence-corrected chi connectivity index (χ3v) is 6.93. The normalized spacial score (nSPS) is 30.0. The highest BCUT2D eigenvalue weighted by Gasteiger charge is 2.34. The average molecular weight is 333 g/mol. The molecule has 0 bridgehead atoms. The largest absolute Gasteiger partial charge is 0.379 e. The summed E-state index contributed by atoms with van der Waals surface area (Å²) in [7, 11) is -3.13. The number of nitrogens with zero attached hydrogens (tertiary/aromatic N) is 1. The number of rotatable bonds is 8. The van der Waals surface area contributed by atoms with Crippen molar-refractivity contribution in [3.05, 3.63) is 0 Å². The van der Waals surface area contributed by atoms with Crippen molar-refractivity contribution in [3.63, 3.8) is 0 Å². The molecule has 1 heterocycles. The summed E-state index contributed by atoms with van der Waals surface area (Å²) in [5.74, 6) is 0.739. The maximum Gasteiger partial charge on any atom is 0.215 e. The Hall–Kier alpha value is -0.210. The van der Waals surface area contributed by atoms with Gasteiger partial charge in [-0.2, -0.15) is 0 Å². The average Bonchev–Trinajstić information content (AvgIpc) is 2.97. The molecule has 0 aromatic carbocycles. The van der Waals surface area contributed by atoms with Crippen LogP contribution in [0.15, 0.2) is 0 Å². The molecule has 0 radical (unpaired) electrons. The first-order valence-electron chi connectivity index (χ1n) is 8.60. The molecule has 0 aromatic rings. The Labute approximate surface area is 135 Å². The van der Waals surface area contributed by atoms with Crippen LogP contribution in [0, 0.1) is 5.92 Å². The minimum absolute atomic E-state index is 0.187. The van der Waals surface area contributed by atoms with Gasteiger partial charge in [-0.25, -0.2) is 12.7 Å². The summed E-state index contributed by atoms with van der Waals surface area (Å²) >= 11 is 0. The minimum Gasteiger partial charge on any atom is -0.379 e. The van der Waals surface area contributed by atoms with Crippen LogP contribution in [0.1, 0.15) is 33.1 Å². The van der Waals surface area contributed by atoms with Gasteiger partial charge in [-0.3, -0.25) is 0 Å². The topological polar surface area (TPSA) is 70.7 Å². The fraction of sp³-hybridized carbons (Fsp3) is 1.00. The van der Waals surface area contributed by atoms with Crippen molar-refractivity contribution in [2.24, 2.45) is 5.92 Å². The molecule has 2 N–H and O–H groups in total. The van der Waals surface area contributed by atoms with E-state index in [9.17, 15) is 8.42 Å². The van der Waals surface area contributed by atoms with Crippen LogP contribution < -0.4 is 10.6 Å². The molecule has 2 rings (SSSR count). The van der Waals surface area contributed by atoms with Gasteiger partial charge in [-0.15, -0.1) is 0 Å². The van der Waals surface area contributed by atoms with E-state index in [2.05, 4.69) is 10.6 Å². The van der Waals surface area contributed by atoms with E-state index in [0.29, 0.717) is 37.6 Å². The number of hydrogen-bond acceptors (Lipinski definition) is 5. The Morgan fingerprint density at radius 3 is 2.68 bits per heavy atom. The van der Waals surface area contributed by atoms with E-state index in [1.165, 1.54) is 17.1 Å². The van der Waals surface area contributed by atoms with Crippen molar-refractivity contribution in [3.8, 4) is 0 Å². The zero-order valence-electron chi connectivity index (χ0n) is 13.9. The van der Waals surface area contributed by atoms with E-state index in [1.807, 2.05) is 13.8 Å². The van der Waals surface area contributed by atoms with E-state index >= 15 is 0 Å². The number of hydrogen-bond donors (Lipinski definition) is 2. The lowest BCUT2D eigenvalue weighted by Crippen LogP contribution is -2.51. The zero-order chi connectivity index (χ0) is 16.0. The lowest BCUT2D eigenvalue weighted by Gasteiger charge is -2.33.